The van der Waals surface area contributed by atoms with E-state index in [0.29, 0.717) is 18.9 Å². The highest BCUT2D eigenvalue weighted by Crippen LogP contribution is 2.23. The first-order valence-electron chi connectivity index (χ1n) is 7.25. The molecule has 1 aliphatic heterocycles. The molecule has 5 heteroatoms. The number of hydrogen-bond donors (Lipinski definition) is 2. The minimum atomic E-state index is -0.750. The van der Waals surface area contributed by atoms with E-state index in [1.165, 1.54) is 0 Å². The number of hydrogen-bond acceptors (Lipinski definition) is 3. The van der Waals surface area contributed by atoms with Gasteiger partial charge in [-0.15, -0.1) is 0 Å². The highest BCUT2D eigenvalue weighted by atomic mass is 16.4. The SMILES string of the molecule is CC(CCCN)C(=O)N1CCCC(CCC(=O)O)C1. The van der Waals surface area contributed by atoms with Crippen molar-refractivity contribution in [1.29, 1.82) is 0 Å². The number of aliphatic carboxylic acids is 1. The van der Waals surface area contributed by atoms with Crippen LogP contribution in [-0.4, -0.2) is 41.5 Å². The molecule has 0 saturated carbocycles. The van der Waals surface area contributed by atoms with Crippen molar-refractivity contribution >= 4 is 11.9 Å². The van der Waals surface area contributed by atoms with Crippen molar-refractivity contribution in [3.63, 3.8) is 0 Å². The summed E-state index contributed by atoms with van der Waals surface area (Å²) < 4.78 is 0. The van der Waals surface area contributed by atoms with Gasteiger partial charge in [-0.25, -0.2) is 0 Å². The average molecular weight is 270 g/mol. The first-order valence-corrected chi connectivity index (χ1v) is 7.25. The van der Waals surface area contributed by atoms with Crippen LogP contribution in [0.3, 0.4) is 0 Å². The number of amides is 1. The topological polar surface area (TPSA) is 83.6 Å². The summed E-state index contributed by atoms with van der Waals surface area (Å²) in [7, 11) is 0. The van der Waals surface area contributed by atoms with Crippen molar-refractivity contribution in [1.82, 2.24) is 4.90 Å². The average Bonchev–Trinajstić information content (AvgIpc) is 2.42. The summed E-state index contributed by atoms with van der Waals surface area (Å²) in [5.74, 6) is -0.175. The monoisotopic (exact) mass is 270 g/mol. The van der Waals surface area contributed by atoms with Gasteiger partial charge in [-0.1, -0.05) is 6.92 Å². The summed E-state index contributed by atoms with van der Waals surface area (Å²) in [4.78, 5) is 24.8. The zero-order valence-corrected chi connectivity index (χ0v) is 11.8. The molecule has 0 aromatic carbocycles. The van der Waals surface area contributed by atoms with Crippen LogP contribution in [-0.2, 0) is 9.59 Å². The first kappa shape index (κ1) is 16.0. The lowest BCUT2D eigenvalue weighted by Gasteiger charge is -2.34. The largest absolute Gasteiger partial charge is 0.481 e. The molecule has 110 valence electrons. The number of carboxylic acid groups (broad SMARTS) is 1. The molecule has 0 radical (unpaired) electrons. The maximum atomic E-state index is 12.3. The molecule has 0 aromatic heterocycles. The van der Waals surface area contributed by atoms with Crippen molar-refractivity contribution in [2.75, 3.05) is 19.6 Å². The molecule has 1 aliphatic rings. The van der Waals surface area contributed by atoms with Gasteiger partial charge in [0.15, 0.2) is 0 Å². The Morgan fingerprint density at radius 3 is 2.84 bits per heavy atom. The van der Waals surface area contributed by atoms with Gasteiger partial charge >= 0.3 is 5.97 Å². The molecule has 0 aliphatic carbocycles. The Labute approximate surface area is 115 Å². The molecule has 1 rings (SSSR count). The second kappa shape index (κ2) is 8.15. The maximum absolute atomic E-state index is 12.3. The predicted molar refractivity (Wildman–Crippen MR) is 73.6 cm³/mol. The quantitative estimate of drug-likeness (QED) is 0.733. The Morgan fingerprint density at radius 2 is 2.21 bits per heavy atom. The van der Waals surface area contributed by atoms with Gasteiger partial charge in [0.05, 0.1) is 0 Å². The zero-order valence-electron chi connectivity index (χ0n) is 11.8. The third kappa shape index (κ3) is 5.59. The zero-order chi connectivity index (χ0) is 14.3. The van der Waals surface area contributed by atoms with E-state index >= 15 is 0 Å². The highest BCUT2D eigenvalue weighted by Gasteiger charge is 2.26. The van der Waals surface area contributed by atoms with Gasteiger partial charge < -0.3 is 15.7 Å². The number of likely N-dealkylation sites (tertiary alicyclic amines) is 1. The number of nitrogens with two attached hydrogens (primary N) is 1. The fourth-order valence-corrected chi connectivity index (χ4v) is 2.69. The molecule has 0 bridgehead atoms. The molecule has 0 aromatic rings. The number of carbonyl (C=O) groups excluding carboxylic acids is 1. The minimum absolute atomic E-state index is 0.0294. The Morgan fingerprint density at radius 1 is 1.47 bits per heavy atom. The van der Waals surface area contributed by atoms with Crippen molar-refractivity contribution in [3.05, 3.63) is 0 Å². The van der Waals surface area contributed by atoms with E-state index in [1.54, 1.807) is 0 Å². The van der Waals surface area contributed by atoms with Crippen molar-refractivity contribution in [2.24, 2.45) is 17.6 Å². The number of carboxylic acids is 1. The van der Waals surface area contributed by atoms with Crippen LogP contribution in [0.1, 0.15) is 45.4 Å². The molecule has 2 atom stereocenters. The molecular formula is C14H26N2O3. The van der Waals surface area contributed by atoms with E-state index in [0.717, 1.165) is 38.8 Å². The first-order chi connectivity index (χ1) is 9.04. The predicted octanol–water partition coefficient (Wildman–Crippen LogP) is 1.46. The van der Waals surface area contributed by atoms with Crippen LogP contribution >= 0.6 is 0 Å². The summed E-state index contributed by atoms with van der Waals surface area (Å²) in [6, 6.07) is 0. The van der Waals surface area contributed by atoms with Gasteiger partial charge in [0.25, 0.3) is 0 Å². The van der Waals surface area contributed by atoms with Gasteiger partial charge in [0.1, 0.15) is 0 Å². The summed E-state index contributed by atoms with van der Waals surface area (Å²) >= 11 is 0. The lowest BCUT2D eigenvalue weighted by molar-refractivity contribution is -0.138. The molecule has 3 N–H and O–H groups in total. The molecule has 1 saturated heterocycles. The molecule has 1 fully saturated rings. The van der Waals surface area contributed by atoms with E-state index in [2.05, 4.69) is 0 Å². The second-order valence-electron chi connectivity index (χ2n) is 5.56. The van der Waals surface area contributed by atoms with Crippen LogP contribution in [0.2, 0.25) is 0 Å². The Balaban J connectivity index is 2.40. The van der Waals surface area contributed by atoms with Gasteiger partial charge in [0, 0.05) is 25.4 Å². The van der Waals surface area contributed by atoms with E-state index in [9.17, 15) is 9.59 Å². The molecule has 19 heavy (non-hydrogen) atoms. The Kier molecular flexibility index (Phi) is 6.84. The number of carbonyl (C=O) groups is 2. The van der Waals surface area contributed by atoms with E-state index in [-0.39, 0.29) is 18.2 Å². The van der Waals surface area contributed by atoms with Crippen LogP contribution in [0, 0.1) is 11.8 Å². The van der Waals surface area contributed by atoms with Crippen molar-refractivity contribution in [3.8, 4) is 0 Å². The van der Waals surface area contributed by atoms with Crippen LogP contribution in [0.15, 0.2) is 0 Å². The fraction of sp³-hybridized carbons (Fsp3) is 0.857. The third-order valence-electron chi connectivity index (χ3n) is 3.86. The summed E-state index contributed by atoms with van der Waals surface area (Å²) in [6.45, 7) is 4.12. The lowest BCUT2D eigenvalue weighted by Crippen LogP contribution is -2.42. The standard InChI is InChI=1S/C14H26N2O3/c1-11(4-2-8-15)14(19)16-9-3-5-12(10-16)6-7-13(17)18/h11-12H,2-10,15H2,1H3,(H,17,18). The van der Waals surface area contributed by atoms with E-state index < -0.39 is 5.97 Å². The maximum Gasteiger partial charge on any atom is 0.303 e. The van der Waals surface area contributed by atoms with Crippen molar-refractivity contribution < 1.29 is 14.7 Å². The van der Waals surface area contributed by atoms with Gasteiger partial charge in [-0.3, -0.25) is 9.59 Å². The van der Waals surface area contributed by atoms with E-state index in [4.69, 9.17) is 10.8 Å². The van der Waals surface area contributed by atoms with Crippen LogP contribution in [0.25, 0.3) is 0 Å². The fourth-order valence-electron chi connectivity index (χ4n) is 2.69. The molecule has 5 nitrogen and oxygen atoms in total. The second-order valence-corrected chi connectivity index (χ2v) is 5.56. The van der Waals surface area contributed by atoms with Gasteiger partial charge in [-0.2, -0.15) is 0 Å². The van der Waals surface area contributed by atoms with Gasteiger partial charge in [-0.05, 0) is 44.6 Å². The Bertz CT molecular complexity index is 307. The van der Waals surface area contributed by atoms with Crippen LogP contribution < -0.4 is 5.73 Å². The molecule has 0 spiro atoms. The number of nitrogens with zero attached hydrogens (tertiary/aromatic N) is 1. The lowest BCUT2D eigenvalue weighted by atomic mass is 9.92. The molecule has 2 unspecified atom stereocenters. The molecule has 1 heterocycles. The summed E-state index contributed by atoms with van der Waals surface area (Å²) in [5, 5.41) is 8.71. The number of piperidine rings is 1. The minimum Gasteiger partial charge on any atom is -0.481 e. The van der Waals surface area contributed by atoms with Crippen LogP contribution in [0.4, 0.5) is 0 Å². The van der Waals surface area contributed by atoms with E-state index in [1.807, 2.05) is 11.8 Å². The van der Waals surface area contributed by atoms with Gasteiger partial charge in [0.2, 0.25) is 5.91 Å². The van der Waals surface area contributed by atoms with Crippen LogP contribution in [0.5, 0.6) is 0 Å². The van der Waals surface area contributed by atoms with Crippen molar-refractivity contribution in [2.45, 2.75) is 45.4 Å². The number of rotatable bonds is 7. The summed E-state index contributed by atoms with van der Waals surface area (Å²) in [5.41, 5.74) is 5.46. The summed E-state index contributed by atoms with van der Waals surface area (Å²) in [6.07, 6.45) is 4.62. The highest BCUT2D eigenvalue weighted by molar-refractivity contribution is 5.78. The molecular weight excluding hydrogens is 244 g/mol. The molecule has 1 amide bonds. The smallest absolute Gasteiger partial charge is 0.303 e. The Hall–Kier alpha value is -1.10. The third-order valence-corrected chi connectivity index (χ3v) is 3.86. The normalized spacial score (nSPS) is 21.2.